The van der Waals surface area contributed by atoms with Crippen LogP contribution in [-0.2, 0) is 0 Å². The van der Waals surface area contributed by atoms with Crippen molar-refractivity contribution in [3.63, 3.8) is 0 Å². The molecule has 0 spiro atoms. The van der Waals surface area contributed by atoms with Gasteiger partial charge in [-0.2, -0.15) is 0 Å². The van der Waals surface area contributed by atoms with Gasteiger partial charge in [-0.15, -0.1) is 0 Å². The Hall–Kier alpha value is -1.06. The third kappa shape index (κ3) is 3.95. The first-order chi connectivity index (χ1) is 9.06. The zero-order valence-corrected chi connectivity index (χ0v) is 12.7. The number of hydrogen-bond donors (Lipinski definition) is 1. The smallest absolute Gasteiger partial charge is 0.0340 e. The first-order valence-corrected chi connectivity index (χ1v) is 7.25. The van der Waals surface area contributed by atoms with E-state index in [0.717, 1.165) is 19.0 Å². The third-order valence-corrected chi connectivity index (χ3v) is 4.12. The van der Waals surface area contributed by atoms with E-state index in [2.05, 4.69) is 67.3 Å². The molecule has 3 nitrogen and oxygen atoms in total. The lowest BCUT2D eigenvalue weighted by molar-refractivity contribution is 0.254. The molecule has 2 rings (SSSR count). The highest BCUT2D eigenvalue weighted by molar-refractivity contribution is 5.44. The fraction of sp³-hybridized carbons (Fsp3) is 0.625. The van der Waals surface area contributed by atoms with Crippen LogP contribution in [0.3, 0.4) is 0 Å². The second kappa shape index (κ2) is 6.40. The first-order valence-electron chi connectivity index (χ1n) is 7.25. The van der Waals surface area contributed by atoms with Gasteiger partial charge in [-0.3, -0.25) is 4.90 Å². The molecule has 2 atom stereocenters. The third-order valence-electron chi connectivity index (χ3n) is 4.12. The van der Waals surface area contributed by atoms with Gasteiger partial charge in [0.15, 0.2) is 0 Å². The predicted molar refractivity (Wildman–Crippen MR) is 82.7 cm³/mol. The van der Waals surface area contributed by atoms with Crippen molar-refractivity contribution >= 4 is 5.69 Å². The molecule has 0 saturated carbocycles. The van der Waals surface area contributed by atoms with E-state index in [1.54, 1.807) is 0 Å². The summed E-state index contributed by atoms with van der Waals surface area (Å²) in [6, 6.07) is 9.33. The fourth-order valence-electron chi connectivity index (χ4n) is 2.93. The van der Waals surface area contributed by atoms with Crippen LogP contribution in [0, 0.1) is 12.8 Å². The molecule has 1 N–H and O–H groups in total. The predicted octanol–water partition coefficient (Wildman–Crippen LogP) is 2.29. The number of anilines is 1. The molecule has 1 fully saturated rings. The van der Waals surface area contributed by atoms with Crippen LogP contribution < -0.4 is 5.32 Å². The first kappa shape index (κ1) is 14.4. The Morgan fingerprint density at radius 2 is 1.89 bits per heavy atom. The van der Waals surface area contributed by atoms with E-state index in [1.165, 1.54) is 24.3 Å². The summed E-state index contributed by atoms with van der Waals surface area (Å²) in [6.45, 7) is 9.05. The van der Waals surface area contributed by atoms with Gasteiger partial charge in [-0.05, 0) is 39.1 Å². The summed E-state index contributed by atoms with van der Waals surface area (Å²) in [5.74, 6) is 0.773. The maximum absolute atomic E-state index is 3.50. The number of hydrogen-bond acceptors (Lipinski definition) is 3. The van der Waals surface area contributed by atoms with E-state index in [4.69, 9.17) is 0 Å². The van der Waals surface area contributed by atoms with E-state index >= 15 is 0 Å². The molecule has 1 aliphatic rings. The summed E-state index contributed by atoms with van der Waals surface area (Å²) < 4.78 is 0. The Bertz CT molecular complexity index is 385. The number of aryl methyl sites for hydroxylation is 1. The molecule has 1 saturated heterocycles. The highest BCUT2D eigenvalue weighted by Gasteiger charge is 2.30. The molecule has 3 heteroatoms. The van der Waals surface area contributed by atoms with Crippen LogP contribution in [0.5, 0.6) is 0 Å². The van der Waals surface area contributed by atoms with Crippen LogP contribution in [0.4, 0.5) is 5.69 Å². The Morgan fingerprint density at radius 1 is 1.21 bits per heavy atom. The highest BCUT2D eigenvalue weighted by atomic mass is 15.2. The monoisotopic (exact) mass is 261 g/mol. The van der Waals surface area contributed by atoms with Gasteiger partial charge in [0.1, 0.15) is 0 Å². The molecule has 19 heavy (non-hydrogen) atoms. The minimum absolute atomic E-state index is 0.708. The molecule has 1 heterocycles. The summed E-state index contributed by atoms with van der Waals surface area (Å²) in [6.07, 6.45) is 0. The van der Waals surface area contributed by atoms with Gasteiger partial charge in [0.25, 0.3) is 0 Å². The van der Waals surface area contributed by atoms with Crippen LogP contribution in [0.25, 0.3) is 0 Å². The Balaban J connectivity index is 1.73. The van der Waals surface area contributed by atoms with E-state index in [1.807, 2.05) is 0 Å². The zero-order valence-electron chi connectivity index (χ0n) is 12.7. The van der Waals surface area contributed by atoms with Gasteiger partial charge in [0.2, 0.25) is 0 Å². The molecular weight excluding hydrogens is 234 g/mol. The lowest BCUT2D eigenvalue weighted by Crippen LogP contribution is -2.35. The van der Waals surface area contributed by atoms with Crippen molar-refractivity contribution in [2.75, 3.05) is 45.6 Å². The van der Waals surface area contributed by atoms with Crippen LogP contribution in [0.2, 0.25) is 0 Å². The van der Waals surface area contributed by atoms with Crippen molar-refractivity contribution in [2.24, 2.45) is 5.92 Å². The summed E-state index contributed by atoms with van der Waals surface area (Å²) in [7, 11) is 4.38. The highest BCUT2D eigenvalue weighted by Crippen LogP contribution is 2.19. The summed E-state index contributed by atoms with van der Waals surface area (Å²) in [4.78, 5) is 4.93. The average molecular weight is 261 g/mol. The summed E-state index contributed by atoms with van der Waals surface area (Å²) >= 11 is 0. The molecule has 1 aromatic rings. The van der Waals surface area contributed by atoms with Crippen molar-refractivity contribution in [3.8, 4) is 0 Å². The quantitative estimate of drug-likeness (QED) is 0.877. The van der Waals surface area contributed by atoms with Gasteiger partial charge in [-0.25, -0.2) is 0 Å². The molecule has 0 amide bonds. The second-order valence-corrected chi connectivity index (χ2v) is 6.06. The molecule has 106 valence electrons. The lowest BCUT2D eigenvalue weighted by atomic mass is 10.1. The maximum atomic E-state index is 3.50. The number of rotatable bonds is 5. The van der Waals surface area contributed by atoms with E-state index in [9.17, 15) is 0 Å². The van der Waals surface area contributed by atoms with Gasteiger partial charge in [0, 0.05) is 37.9 Å². The molecule has 0 bridgehead atoms. The molecule has 0 radical (unpaired) electrons. The number of likely N-dealkylation sites (N-methyl/N-ethyl adjacent to an activating group) is 1. The number of benzene rings is 1. The fourth-order valence-corrected chi connectivity index (χ4v) is 2.93. The molecule has 0 aliphatic carbocycles. The van der Waals surface area contributed by atoms with Gasteiger partial charge in [-0.1, -0.05) is 24.6 Å². The Morgan fingerprint density at radius 3 is 2.47 bits per heavy atom. The van der Waals surface area contributed by atoms with Gasteiger partial charge >= 0.3 is 0 Å². The average Bonchev–Trinajstić information content (AvgIpc) is 2.73. The van der Waals surface area contributed by atoms with Crippen LogP contribution in [0.15, 0.2) is 24.3 Å². The minimum atomic E-state index is 0.708. The minimum Gasteiger partial charge on any atom is -0.384 e. The Kier molecular flexibility index (Phi) is 4.83. The van der Waals surface area contributed by atoms with Crippen LogP contribution in [0.1, 0.15) is 12.5 Å². The lowest BCUT2D eigenvalue weighted by Gasteiger charge is -2.22. The van der Waals surface area contributed by atoms with E-state index < -0.39 is 0 Å². The number of likely N-dealkylation sites (tertiary alicyclic amines) is 1. The van der Waals surface area contributed by atoms with Crippen LogP contribution >= 0.6 is 0 Å². The van der Waals surface area contributed by atoms with Crippen molar-refractivity contribution in [1.29, 1.82) is 0 Å². The normalized spacial score (nSPS) is 24.1. The number of nitrogens with zero attached hydrogens (tertiary/aromatic N) is 2. The van der Waals surface area contributed by atoms with Crippen LogP contribution in [-0.4, -0.2) is 56.1 Å². The van der Waals surface area contributed by atoms with Gasteiger partial charge in [0.05, 0.1) is 0 Å². The Labute approximate surface area is 117 Å². The van der Waals surface area contributed by atoms with E-state index in [-0.39, 0.29) is 0 Å². The second-order valence-electron chi connectivity index (χ2n) is 6.06. The molecule has 0 aromatic heterocycles. The standard InChI is InChI=1S/C16H27N3/c1-13-5-7-15(8-6-13)17-9-10-19-11-14(2)16(12-19)18(3)4/h5-8,14,16-17H,9-12H2,1-4H3. The SMILES string of the molecule is Cc1ccc(NCCN2CC(C)C(N(C)C)C2)cc1. The molecular formula is C16H27N3. The largest absolute Gasteiger partial charge is 0.384 e. The van der Waals surface area contributed by atoms with Gasteiger partial charge < -0.3 is 10.2 Å². The van der Waals surface area contributed by atoms with Crippen molar-refractivity contribution < 1.29 is 0 Å². The molecule has 1 aromatic carbocycles. The summed E-state index contributed by atoms with van der Waals surface area (Å²) in [5.41, 5.74) is 2.54. The van der Waals surface area contributed by atoms with Crippen molar-refractivity contribution in [1.82, 2.24) is 9.80 Å². The molecule has 2 unspecified atom stereocenters. The maximum Gasteiger partial charge on any atom is 0.0340 e. The van der Waals surface area contributed by atoms with E-state index in [0.29, 0.717) is 6.04 Å². The van der Waals surface area contributed by atoms with Crippen molar-refractivity contribution in [2.45, 2.75) is 19.9 Å². The summed E-state index contributed by atoms with van der Waals surface area (Å²) in [5, 5.41) is 3.50. The van der Waals surface area contributed by atoms with Crippen molar-refractivity contribution in [3.05, 3.63) is 29.8 Å². The zero-order chi connectivity index (χ0) is 13.8. The topological polar surface area (TPSA) is 18.5 Å². The molecule has 1 aliphatic heterocycles. The number of nitrogens with one attached hydrogen (secondary N) is 1.